The number of ether oxygens (including phenoxy) is 1. The number of aryl methyl sites for hydroxylation is 2. The van der Waals surface area contributed by atoms with Crippen molar-refractivity contribution in [3.05, 3.63) is 99.7 Å². The highest BCUT2D eigenvalue weighted by Crippen LogP contribution is 2.31. The highest BCUT2D eigenvalue weighted by Gasteiger charge is 2.39. The molecule has 0 saturated carbocycles. The number of imide groups is 1. The molecule has 0 unspecified atom stereocenters. The summed E-state index contributed by atoms with van der Waals surface area (Å²) < 4.78 is 5.44. The van der Waals surface area contributed by atoms with Crippen molar-refractivity contribution >= 4 is 40.8 Å². The first-order valence-corrected chi connectivity index (χ1v) is 11.6. The Morgan fingerprint density at radius 1 is 0.886 bits per heavy atom. The average Bonchev–Trinajstić information content (AvgIpc) is 3.02. The van der Waals surface area contributed by atoms with Crippen LogP contribution in [-0.4, -0.2) is 17.8 Å². The van der Waals surface area contributed by atoms with Gasteiger partial charge in [-0.05, 0) is 85.0 Å². The van der Waals surface area contributed by atoms with Crippen molar-refractivity contribution in [1.29, 1.82) is 0 Å². The van der Waals surface area contributed by atoms with Gasteiger partial charge < -0.3 is 10.1 Å². The van der Waals surface area contributed by atoms with E-state index in [1.165, 1.54) is 0 Å². The zero-order chi connectivity index (χ0) is 25.3. The molecule has 35 heavy (non-hydrogen) atoms. The van der Waals surface area contributed by atoms with Crippen LogP contribution in [0, 0.1) is 13.8 Å². The number of amides is 2. The van der Waals surface area contributed by atoms with E-state index in [9.17, 15) is 14.4 Å². The molecule has 7 heteroatoms. The molecule has 3 aromatic rings. The molecule has 1 N–H and O–H groups in total. The Hall–Kier alpha value is -3.90. The van der Waals surface area contributed by atoms with E-state index in [2.05, 4.69) is 19.2 Å². The molecule has 0 saturated heterocycles. The predicted octanol–water partition coefficient (Wildman–Crippen LogP) is 6.08. The standard InChI is InChI=1S/C28H25ClN2O4/c1-16(2)19-7-11-23(12-8-19)35-28(34)20-5-9-21(10-6-20)30-25-24(29)26(32)31(27(25)33)22-14-17(3)13-18(4)15-22/h5-16,30H,1-4H3. The highest BCUT2D eigenvalue weighted by atomic mass is 35.5. The minimum atomic E-state index is -0.590. The van der Waals surface area contributed by atoms with Gasteiger partial charge in [-0.15, -0.1) is 0 Å². The topological polar surface area (TPSA) is 75.7 Å². The van der Waals surface area contributed by atoms with Gasteiger partial charge in [0.25, 0.3) is 11.8 Å². The number of esters is 1. The summed E-state index contributed by atoms with van der Waals surface area (Å²) in [5, 5.41) is 2.72. The Bertz CT molecular complexity index is 1320. The first-order chi connectivity index (χ1) is 16.6. The second-order valence-corrected chi connectivity index (χ2v) is 9.17. The van der Waals surface area contributed by atoms with Gasteiger partial charge in [-0.3, -0.25) is 9.59 Å². The van der Waals surface area contributed by atoms with Crippen LogP contribution in [0.1, 0.15) is 46.8 Å². The van der Waals surface area contributed by atoms with E-state index < -0.39 is 17.8 Å². The average molecular weight is 489 g/mol. The normalized spacial score (nSPS) is 13.6. The molecule has 178 valence electrons. The summed E-state index contributed by atoms with van der Waals surface area (Å²) in [4.78, 5) is 39.3. The third kappa shape index (κ3) is 5.12. The van der Waals surface area contributed by atoms with E-state index in [1.54, 1.807) is 48.5 Å². The van der Waals surface area contributed by atoms with Crippen LogP contribution in [0.2, 0.25) is 0 Å². The van der Waals surface area contributed by atoms with Gasteiger partial charge >= 0.3 is 5.97 Å². The Kier molecular flexibility index (Phi) is 6.76. The summed E-state index contributed by atoms with van der Waals surface area (Å²) in [6, 6.07) is 19.2. The predicted molar refractivity (Wildman–Crippen MR) is 137 cm³/mol. The molecule has 1 aliphatic rings. The lowest BCUT2D eigenvalue weighted by atomic mass is 10.0. The molecule has 6 nitrogen and oxygen atoms in total. The molecule has 0 radical (unpaired) electrons. The van der Waals surface area contributed by atoms with Gasteiger partial charge in [0, 0.05) is 5.69 Å². The number of hydrogen-bond donors (Lipinski definition) is 1. The number of anilines is 2. The van der Waals surface area contributed by atoms with E-state index in [1.807, 2.05) is 32.0 Å². The summed E-state index contributed by atoms with van der Waals surface area (Å²) >= 11 is 6.23. The fourth-order valence-electron chi connectivity index (χ4n) is 3.85. The Morgan fingerprint density at radius 2 is 1.49 bits per heavy atom. The van der Waals surface area contributed by atoms with Crippen molar-refractivity contribution in [2.24, 2.45) is 0 Å². The maximum atomic E-state index is 13.0. The number of hydrogen-bond acceptors (Lipinski definition) is 5. The summed E-state index contributed by atoms with van der Waals surface area (Å²) in [6.45, 7) is 7.97. The molecular formula is C28H25ClN2O4. The summed E-state index contributed by atoms with van der Waals surface area (Å²) in [6.07, 6.45) is 0. The smallest absolute Gasteiger partial charge is 0.343 e. The summed E-state index contributed by atoms with van der Waals surface area (Å²) in [5.41, 5.74) is 4.30. The van der Waals surface area contributed by atoms with Gasteiger partial charge in [0.15, 0.2) is 0 Å². The van der Waals surface area contributed by atoms with Crippen molar-refractivity contribution in [2.75, 3.05) is 10.2 Å². The first kappa shape index (κ1) is 24.2. The zero-order valence-corrected chi connectivity index (χ0v) is 20.6. The Balaban J connectivity index is 1.46. The molecule has 0 fully saturated rings. The van der Waals surface area contributed by atoms with Crippen LogP contribution >= 0.6 is 11.6 Å². The van der Waals surface area contributed by atoms with Gasteiger partial charge in [-0.1, -0.05) is 43.6 Å². The molecule has 0 bridgehead atoms. The highest BCUT2D eigenvalue weighted by molar-refractivity contribution is 6.53. The van der Waals surface area contributed by atoms with E-state index in [0.717, 1.165) is 21.6 Å². The second-order valence-electron chi connectivity index (χ2n) is 8.80. The number of halogens is 1. The van der Waals surface area contributed by atoms with Crippen LogP contribution in [0.25, 0.3) is 0 Å². The fourth-order valence-corrected chi connectivity index (χ4v) is 4.06. The number of rotatable bonds is 6. The first-order valence-electron chi connectivity index (χ1n) is 11.2. The third-order valence-corrected chi connectivity index (χ3v) is 5.99. The van der Waals surface area contributed by atoms with Crippen LogP contribution in [-0.2, 0) is 9.59 Å². The zero-order valence-electron chi connectivity index (χ0n) is 19.9. The van der Waals surface area contributed by atoms with Gasteiger partial charge in [-0.2, -0.15) is 0 Å². The number of nitrogens with one attached hydrogen (secondary N) is 1. The lowest BCUT2D eigenvalue weighted by Crippen LogP contribution is -2.32. The molecule has 1 aliphatic heterocycles. The largest absolute Gasteiger partial charge is 0.423 e. The van der Waals surface area contributed by atoms with Crippen LogP contribution < -0.4 is 15.0 Å². The van der Waals surface area contributed by atoms with Crippen LogP contribution in [0.5, 0.6) is 5.75 Å². The van der Waals surface area contributed by atoms with Crippen LogP contribution in [0.4, 0.5) is 11.4 Å². The van der Waals surface area contributed by atoms with Gasteiger partial charge in [-0.25, -0.2) is 9.69 Å². The number of benzene rings is 3. The lowest BCUT2D eigenvalue weighted by molar-refractivity contribution is -0.120. The molecule has 2 amide bonds. The van der Waals surface area contributed by atoms with Gasteiger partial charge in [0.1, 0.15) is 16.5 Å². The number of carbonyl (C=O) groups is 3. The molecule has 1 heterocycles. The summed E-state index contributed by atoms with van der Waals surface area (Å²) in [5.74, 6) is -0.788. The summed E-state index contributed by atoms with van der Waals surface area (Å²) in [7, 11) is 0. The van der Waals surface area contributed by atoms with Gasteiger partial charge in [0.2, 0.25) is 0 Å². The maximum Gasteiger partial charge on any atom is 0.343 e. The van der Waals surface area contributed by atoms with Gasteiger partial charge in [0.05, 0.1) is 11.3 Å². The minimum absolute atomic E-state index is 0.0172. The molecule has 4 rings (SSSR count). The molecular weight excluding hydrogens is 464 g/mol. The molecule has 0 aromatic heterocycles. The van der Waals surface area contributed by atoms with Crippen molar-refractivity contribution in [3.63, 3.8) is 0 Å². The quantitative estimate of drug-likeness (QED) is 0.258. The van der Waals surface area contributed by atoms with E-state index in [0.29, 0.717) is 28.6 Å². The van der Waals surface area contributed by atoms with Crippen LogP contribution in [0.3, 0.4) is 0 Å². The van der Waals surface area contributed by atoms with E-state index in [4.69, 9.17) is 16.3 Å². The van der Waals surface area contributed by atoms with Crippen molar-refractivity contribution < 1.29 is 19.1 Å². The second kappa shape index (κ2) is 9.76. The molecule has 3 aromatic carbocycles. The lowest BCUT2D eigenvalue weighted by Gasteiger charge is -2.16. The molecule has 0 aliphatic carbocycles. The molecule has 0 spiro atoms. The third-order valence-electron chi connectivity index (χ3n) is 5.64. The van der Waals surface area contributed by atoms with Crippen molar-refractivity contribution in [1.82, 2.24) is 0 Å². The monoisotopic (exact) mass is 488 g/mol. The Morgan fingerprint density at radius 3 is 2.06 bits per heavy atom. The fraction of sp³-hybridized carbons (Fsp3) is 0.179. The maximum absolute atomic E-state index is 13.0. The molecule has 0 atom stereocenters. The van der Waals surface area contributed by atoms with Crippen LogP contribution in [0.15, 0.2) is 77.5 Å². The van der Waals surface area contributed by atoms with E-state index in [-0.39, 0.29) is 10.7 Å². The number of nitrogens with zero attached hydrogens (tertiary/aromatic N) is 1. The van der Waals surface area contributed by atoms with Crippen molar-refractivity contribution in [2.45, 2.75) is 33.6 Å². The SMILES string of the molecule is Cc1cc(C)cc(N2C(=O)C(Cl)=C(Nc3ccc(C(=O)Oc4ccc(C(C)C)cc4)cc3)C2=O)c1. The van der Waals surface area contributed by atoms with E-state index >= 15 is 0 Å². The minimum Gasteiger partial charge on any atom is -0.423 e. The van der Waals surface area contributed by atoms with Crippen molar-refractivity contribution in [3.8, 4) is 5.75 Å². The number of carbonyl (C=O) groups excluding carboxylic acids is 3. The Labute approximate surface area is 209 Å².